The third-order valence-electron chi connectivity index (χ3n) is 2.73. The zero-order valence-corrected chi connectivity index (χ0v) is 10.6. The summed E-state index contributed by atoms with van der Waals surface area (Å²) in [6.07, 6.45) is 1.39. The summed E-state index contributed by atoms with van der Waals surface area (Å²) in [5, 5.41) is 10.7. The number of carbonyl (C=O) groups is 1. The Morgan fingerprint density at radius 1 is 1.55 bits per heavy atom. The average molecular weight is 276 g/mol. The van der Waals surface area contributed by atoms with Crippen molar-refractivity contribution in [2.45, 2.75) is 6.54 Å². The number of nitro groups is 1. The van der Waals surface area contributed by atoms with E-state index in [1.54, 1.807) is 12.1 Å². The van der Waals surface area contributed by atoms with E-state index in [1.165, 1.54) is 30.1 Å². The van der Waals surface area contributed by atoms with Crippen LogP contribution in [-0.4, -0.2) is 27.6 Å². The number of anilines is 1. The summed E-state index contributed by atoms with van der Waals surface area (Å²) in [4.78, 5) is 25.5. The van der Waals surface area contributed by atoms with E-state index in [0.29, 0.717) is 5.56 Å². The van der Waals surface area contributed by atoms with Crippen molar-refractivity contribution in [3.8, 4) is 0 Å². The van der Waals surface area contributed by atoms with E-state index in [0.717, 1.165) is 0 Å². The number of methoxy groups -OCH3 is 1. The highest BCUT2D eigenvalue weighted by molar-refractivity contribution is 5.92. The van der Waals surface area contributed by atoms with Crippen LogP contribution in [-0.2, 0) is 11.3 Å². The number of hydrogen-bond donors (Lipinski definition) is 1. The fourth-order valence-corrected chi connectivity index (χ4v) is 1.74. The normalized spacial score (nSPS) is 10.2. The van der Waals surface area contributed by atoms with Crippen molar-refractivity contribution in [2.24, 2.45) is 0 Å². The zero-order chi connectivity index (χ0) is 14.7. The summed E-state index contributed by atoms with van der Waals surface area (Å²) in [5.74, 6) is -0.469. The van der Waals surface area contributed by atoms with Crippen molar-refractivity contribution in [1.82, 2.24) is 9.55 Å². The lowest BCUT2D eigenvalue weighted by Crippen LogP contribution is -2.09. The second kappa shape index (κ2) is 5.39. The smallest absolute Gasteiger partial charge is 0.360 e. The second-order valence-electron chi connectivity index (χ2n) is 4.02. The summed E-state index contributed by atoms with van der Waals surface area (Å²) in [6, 6.07) is 6.16. The van der Waals surface area contributed by atoms with E-state index in [-0.39, 0.29) is 23.7 Å². The molecule has 2 aromatic rings. The van der Waals surface area contributed by atoms with Gasteiger partial charge >= 0.3 is 5.97 Å². The van der Waals surface area contributed by atoms with Gasteiger partial charge in [0.2, 0.25) is 0 Å². The van der Waals surface area contributed by atoms with Crippen molar-refractivity contribution < 1.29 is 14.5 Å². The van der Waals surface area contributed by atoms with Gasteiger partial charge in [-0.1, -0.05) is 12.1 Å². The Balaban J connectivity index is 2.27. The number of hydrogen-bond acceptors (Lipinski definition) is 6. The van der Waals surface area contributed by atoms with E-state index in [1.807, 2.05) is 0 Å². The molecule has 0 fully saturated rings. The largest absolute Gasteiger partial charge is 0.464 e. The molecule has 104 valence electrons. The molecular weight excluding hydrogens is 264 g/mol. The molecule has 0 amide bonds. The van der Waals surface area contributed by atoms with Gasteiger partial charge in [-0.05, 0) is 5.56 Å². The Morgan fingerprint density at radius 3 is 2.95 bits per heavy atom. The first-order valence-electron chi connectivity index (χ1n) is 5.65. The van der Waals surface area contributed by atoms with Gasteiger partial charge in [0.05, 0.1) is 24.9 Å². The SMILES string of the molecule is COC(=O)c1ncn(Cc2cccc([N+](=O)[O-])c2)c1N. The summed E-state index contributed by atoms with van der Waals surface area (Å²) in [6.45, 7) is 0.275. The summed E-state index contributed by atoms with van der Waals surface area (Å²) < 4.78 is 6.07. The van der Waals surface area contributed by atoms with Crippen LogP contribution >= 0.6 is 0 Å². The van der Waals surface area contributed by atoms with E-state index in [2.05, 4.69) is 9.72 Å². The molecule has 0 atom stereocenters. The van der Waals surface area contributed by atoms with Gasteiger partial charge in [0.25, 0.3) is 5.69 Å². The van der Waals surface area contributed by atoms with Crippen LogP contribution in [0.1, 0.15) is 16.1 Å². The molecule has 8 nitrogen and oxygen atoms in total. The Kier molecular flexibility index (Phi) is 3.65. The summed E-state index contributed by atoms with van der Waals surface area (Å²) in [7, 11) is 1.24. The number of aromatic nitrogens is 2. The quantitative estimate of drug-likeness (QED) is 0.510. The third kappa shape index (κ3) is 2.58. The maximum absolute atomic E-state index is 11.4. The average Bonchev–Trinajstić information content (AvgIpc) is 2.80. The van der Waals surface area contributed by atoms with E-state index in [4.69, 9.17) is 5.73 Å². The number of non-ortho nitro benzene ring substituents is 1. The molecular formula is C12H12N4O4. The van der Waals surface area contributed by atoms with Crippen LogP contribution in [0.15, 0.2) is 30.6 Å². The molecule has 0 aliphatic heterocycles. The van der Waals surface area contributed by atoms with E-state index >= 15 is 0 Å². The lowest BCUT2D eigenvalue weighted by Gasteiger charge is -2.05. The van der Waals surface area contributed by atoms with Crippen molar-refractivity contribution in [3.05, 3.63) is 52.0 Å². The van der Waals surface area contributed by atoms with Crippen LogP contribution < -0.4 is 5.73 Å². The number of benzene rings is 1. The molecule has 0 radical (unpaired) electrons. The standard InChI is InChI=1S/C12H12N4O4/c1-20-12(17)10-11(13)15(7-14-10)6-8-3-2-4-9(5-8)16(18)19/h2-5,7H,6,13H2,1H3. The Labute approximate surface area is 113 Å². The topological polar surface area (TPSA) is 113 Å². The zero-order valence-electron chi connectivity index (χ0n) is 10.6. The molecule has 2 rings (SSSR count). The number of nitrogens with zero attached hydrogens (tertiary/aromatic N) is 3. The van der Waals surface area contributed by atoms with Gasteiger partial charge in [-0.2, -0.15) is 0 Å². The maximum Gasteiger partial charge on any atom is 0.360 e. The molecule has 0 aliphatic carbocycles. The Bertz CT molecular complexity index is 665. The summed E-state index contributed by atoms with van der Waals surface area (Å²) >= 11 is 0. The molecule has 0 bridgehead atoms. The lowest BCUT2D eigenvalue weighted by molar-refractivity contribution is -0.384. The molecule has 1 aromatic carbocycles. The summed E-state index contributed by atoms with van der Waals surface area (Å²) in [5.41, 5.74) is 6.49. The maximum atomic E-state index is 11.4. The number of carbonyl (C=O) groups excluding carboxylic acids is 1. The van der Waals surface area contributed by atoms with Crippen LogP contribution in [0, 0.1) is 10.1 Å². The molecule has 0 unspecified atom stereocenters. The first-order valence-corrected chi connectivity index (χ1v) is 5.65. The monoisotopic (exact) mass is 276 g/mol. The third-order valence-corrected chi connectivity index (χ3v) is 2.73. The predicted molar refractivity (Wildman–Crippen MR) is 70.2 cm³/mol. The highest BCUT2D eigenvalue weighted by Gasteiger charge is 2.16. The molecule has 1 aromatic heterocycles. The van der Waals surface area contributed by atoms with E-state index in [9.17, 15) is 14.9 Å². The van der Waals surface area contributed by atoms with Crippen molar-refractivity contribution >= 4 is 17.5 Å². The van der Waals surface area contributed by atoms with Gasteiger partial charge in [0.1, 0.15) is 5.82 Å². The van der Waals surface area contributed by atoms with Crippen LogP contribution in [0.4, 0.5) is 11.5 Å². The Hall–Kier alpha value is -2.90. The van der Waals surface area contributed by atoms with Crippen molar-refractivity contribution in [1.29, 1.82) is 0 Å². The fourth-order valence-electron chi connectivity index (χ4n) is 1.74. The molecule has 0 saturated carbocycles. The molecule has 8 heteroatoms. The highest BCUT2D eigenvalue weighted by Crippen LogP contribution is 2.17. The molecule has 0 aliphatic rings. The minimum atomic E-state index is -0.625. The van der Waals surface area contributed by atoms with Gasteiger partial charge < -0.3 is 15.0 Å². The lowest BCUT2D eigenvalue weighted by atomic mass is 10.2. The number of rotatable bonds is 4. The second-order valence-corrected chi connectivity index (χ2v) is 4.02. The number of esters is 1. The first kappa shape index (κ1) is 13.5. The minimum Gasteiger partial charge on any atom is -0.464 e. The molecule has 0 spiro atoms. The fraction of sp³-hybridized carbons (Fsp3) is 0.167. The molecule has 0 saturated heterocycles. The number of imidazole rings is 1. The van der Waals surface area contributed by atoms with Crippen LogP contribution in [0.2, 0.25) is 0 Å². The molecule has 1 heterocycles. The number of nitrogen functional groups attached to an aromatic ring is 1. The van der Waals surface area contributed by atoms with Gasteiger partial charge in [0.15, 0.2) is 5.69 Å². The van der Waals surface area contributed by atoms with Crippen molar-refractivity contribution in [2.75, 3.05) is 12.8 Å². The van der Waals surface area contributed by atoms with Gasteiger partial charge in [-0.3, -0.25) is 10.1 Å². The van der Waals surface area contributed by atoms with Gasteiger partial charge in [0, 0.05) is 12.1 Å². The van der Waals surface area contributed by atoms with Crippen LogP contribution in [0.5, 0.6) is 0 Å². The van der Waals surface area contributed by atoms with E-state index < -0.39 is 10.9 Å². The van der Waals surface area contributed by atoms with Crippen LogP contribution in [0.25, 0.3) is 0 Å². The highest BCUT2D eigenvalue weighted by atomic mass is 16.6. The number of ether oxygens (including phenoxy) is 1. The van der Waals surface area contributed by atoms with Gasteiger partial charge in [-0.25, -0.2) is 9.78 Å². The molecule has 2 N–H and O–H groups in total. The van der Waals surface area contributed by atoms with Crippen LogP contribution in [0.3, 0.4) is 0 Å². The number of nitrogens with two attached hydrogens (primary N) is 1. The number of nitro benzene ring substituents is 1. The van der Waals surface area contributed by atoms with Crippen molar-refractivity contribution in [3.63, 3.8) is 0 Å². The minimum absolute atomic E-state index is 0.00521. The van der Waals surface area contributed by atoms with Gasteiger partial charge in [-0.15, -0.1) is 0 Å². The predicted octanol–water partition coefficient (Wildman–Crippen LogP) is 1.21. The Morgan fingerprint density at radius 2 is 2.30 bits per heavy atom. The molecule has 20 heavy (non-hydrogen) atoms. The first-order chi connectivity index (χ1) is 9.52.